The van der Waals surface area contributed by atoms with E-state index in [0.717, 1.165) is 5.56 Å². The minimum absolute atomic E-state index is 0.0854. The predicted molar refractivity (Wildman–Crippen MR) is 68.0 cm³/mol. The number of hydrogen-bond acceptors (Lipinski definition) is 2. The molecule has 0 fully saturated rings. The van der Waals surface area contributed by atoms with Gasteiger partial charge in [0.05, 0.1) is 16.1 Å². The first-order valence-corrected chi connectivity index (χ1v) is 5.85. The molecule has 1 aromatic rings. The number of hydrogen-bond donors (Lipinski definition) is 0. The summed E-state index contributed by atoms with van der Waals surface area (Å²) in [7, 11) is 1.68. The van der Waals surface area contributed by atoms with Crippen LogP contribution in [0.3, 0.4) is 0 Å². The molecule has 5 heteroatoms. The van der Waals surface area contributed by atoms with Crippen molar-refractivity contribution >= 4 is 29.1 Å². The van der Waals surface area contributed by atoms with Crippen LogP contribution in [0, 0.1) is 11.3 Å². The normalized spacial score (nSPS) is 9.76. The molecule has 17 heavy (non-hydrogen) atoms. The van der Waals surface area contributed by atoms with Gasteiger partial charge in [0, 0.05) is 13.6 Å². The molecule has 1 aromatic carbocycles. The molecule has 0 aliphatic heterocycles. The summed E-state index contributed by atoms with van der Waals surface area (Å²) in [5.74, 6) is -0.174. The zero-order valence-electron chi connectivity index (χ0n) is 9.41. The van der Waals surface area contributed by atoms with Crippen LogP contribution in [0.4, 0.5) is 0 Å². The molecule has 0 heterocycles. The van der Waals surface area contributed by atoms with Crippen LogP contribution in [0.25, 0.3) is 0 Å². The maximum absolute atomic E-state index is 11.3. The molecule has 0 aliphatic rings. The van der Waals surface area contributed by atoms with E-state index in [2.05, 4.69) is 0 Å². The van der Waals surface area contributed by atoms with Crippen molar-refractivity contribution in [2.24, 2.45) is 0 Å². The van der Waals surface area contributed by atoms with Crippen LogP contribution in [-0.4, -0.2) is 24.4 Å². The van der Waals surface area contributed by atoms with E-state index in [1.807, 2.05) is 12.1 Å². The van der Waals surface area contributed by atoms with Crippen molar-refractivity contribution in [1.82, 2.24) is 4.90 Å². The highest BCUT2D eigenvalue weighted by Gasteiger charge is 2.08. The van der Waals surface area contributed by atoms with Crippen molar-refractivity contribution in [3.05, 3.63) is 33.8 Å². The summed E-state index contributed by atoms with van der Waals surface area (Å²) in [5.41, 5.74) is 1.01. The Morgan fingerprint density at radius 2 is 2.12 bits per heavy atom. The molecule has 0 unspecified atom stereocenters. The maximum Gasteiger partial charge on any atom is 0.236 e. The minimum Gasteiger partial charge on any atom is -0.345 e. The van der Waals surface area contributed by atoms with Crippen LogP contribution in [-0.2, 0) is 11.2 Å². The van der Waals surface area contributed by atoms with E-state index in [0.29, 0.717) is 23.0 Å². The first-order chi connectivity index (χ1) is 8.04. The monoisotopic (exact) mass is 270 g/mol. The molecule has 0 saturated heterocycles. The number of carbonyl (C=O) groups is 1. The number of carbonyl (C=O) groups excluding carboxylic acids is 1. The average Bonchev–Trinajstić information content (AvgIpc) is 2.30. The van der Waals surface area contributed by atoms with Gasteiger partial charge in [-0.15, -0.1) is 0 Å². The van der Waals surface area contributed by atoms with Gasteiger partial charge < -0.3 is 4.90 Å². The van der Waals surface area contributed by atoms with Gasteiger partial charge in [-0.1, -0.05) is 29.3 Å². The van der Waals surface area contributed by atoms with Gasteiger partial charge in [-0.25, -0.2) is 0 Å². The van der Waals surface area contributed by atoms with Gasteiger partial charge in [-0.3, -0.25) is 4.79 Å². The van der Waals surface area contributed by atoms with Crippen LogP contribution in [0.5, 0.6) is 0 Å². The molecular formula is C12H12Cl2N2O. The number of nitrogens with zero attached hydrogens (tertiary/aromatic N) is 2. The zero-order chi connectivity index (χ0) is 12.8. The van der Waals surface area contributed by atoms with E-state index in [1.165, 1.54) is 4.90 Å². The Balaban J connectivity index is 2.53. The second-order valence-corrected chi connectivity index (χ2v) is 4.46. The molecule has 0 atom stereocenters. The Hall–Kier alpha value is -1.24. The van der Waals surface area contributed by atoms with Crippen molar-refractivity contribution in [3.63, 3.8) is 0 Å². The number of benzene rings is 1. The van der Waals surface area contributed by atoms with Gasteiger partial charge in [0.25, 0.3) is 0 Å². The molecule has 0 bridgehead atoms. The van der Waals surface area contributed by atoms with Crippen molar-refractivity contribution in [2.45, 2.75) is 12.8 Å². The third kappa shape index (κ3) is 4.26. The molecule has 0 N–H and O–H groups in total. The van der Waals surface area contributed by atoms with Gasteiger partial charge in [0.1, 0.15) is 6.42 Å². The largest absolute Gasteiger partial charge is 0.345 e. The Kier molecular flexibility index (Phi) is 5.27. The number of halogens is 2. The van der Waals surface area contributed by atoms with E-state index < -0.39 is 0 Å². The molecule has 0 radical (unpaired) electrons. The summed E-state index contributed by atoms with van der Waals surface area (Å²) in [6.07, 6.45) is 0.600. The third-order valence-electron chi connectivity index (χ3n) is 2.38. The summed E-state index contributed by atoms with van der Waals surface area (Å²) < 4.78 is 0. The Morgan fingerprint density at radius 3 is 2.71 bits per heavy atom. The Labute approximate surface area is 111 Å². The van der Waals surface area contributed by atoms with Crippen LogP contribution >= 0.6 is 23.2 Å². The lowest BCUT2D eigenvalue weighted by molar-refractivity contribution is -0.128. The summed E-state index contributed by atoms with van der Waals surface area (Å²) in [6, 6.07) is 7.22. The highest BCUT2D eigenvalue weighted by atomic mass is 35.5. The van der Waals surface area contributed by atoms with Crippen molar-refractivity contribution in [2.75, 3.05) is 13.6 Å². The van der Waals surface area contributed by atoms with Crippen molar-refractivity contribution in [3.8, 4) is 6.07 Å². The van der Waals surface area contributed by atoms with Crippen LogP contribution in [0.2, 0.25) is 10.0 Å². The lowest BCUT2D eigenvalue weighted by Gasteiger charge is -2.15. The van der Waals surface area contributed by atoms with Gasteiger partial charge in [0.2, 0.25) is 5.91 Å². The molecule has 0 aliphatic carbocycles. The molecule has 0 spiro atoms. The molecule has 0 saturated carbocycles. The number of nitriles is 1. The lowest BCUT2D eigenvalue weighted by atomic mass is 10.1. The lowest BCUT2D eigenvalue weighted by Crippen LogP contribution is -2.28. The van der Waals surface area contributed by atoms with E-state index >= 15 is 0 Å². The topological polar surface area (TPSA) is 44.1 Å². The van der Waals surface area contributed by atoms with Crippen molar-refractivity contribution < 1.29 is 4.79 Å². The number of rotatable bonds is 4. The molecular weight excluding hydrogens is 259 g/mol. The quantitative estimate of drug-likeness (QED) is 0.845. The summed E-state index contributed by atoms with van der Waals surface area (Å²) in [4.78, 5) is 12.9. The standard InChI is InChI=1S/C12H12Cl2N2O/c1-16(12(17)4-6-15)7-5-9-2-3-10(13)11(14)8-9/h2-3,8H,4-5,7H2,1H3. The van der Waals surface area contributed by atoms with Gasteiger partial charge in [-0.2, -0.15) is 5.26 Å². The van der Waals surface area contributed by atoms with Crippen LogP contribution in [0.1, 0.15) is 12.0 Å². The van der Waals surface area contributed by atoms with Crippen LogP contribution < -0.4 is 0 Å². The number of amides is 1. The molecule has 3 nitrogen and oxygen atoms in total. The van der Waals surface area contributed by atoms with Crippen LogP contribution in [0.15, 0.2) is 18.2 Å². The fourth-order valence-corrected chi connectivity index (χ4v) is 1.64. The molecule has 0 aromatic heterocycles. The smallest absolute Gasteiger partial charge is 0.236 e. The first kappa shape index (κ1) is 13.8. The molecule has 1 amide bonds. The van der Waals surface area contributed by atoms with E-state index in [-0.39, 0.29) is 12.3 Å². The summed E-state index contributed by atoms with van der Waals surface area (Å²) >= 11 is 11.7. The van der Waals surface area contributed by atoms with E-state index in [4.69, 9.17) is 28.5 Å². The van der Waals surface area contributed by atoms with Crippen molar-refractivity contribution in [1.29, 1.82) is 5.26 Å². The molecule has 90 valence electrons. The first-order valence-electron chi connectivity index (χ1n) is 5.09. The second kappa shape index (κ2) is 6.48. The fourth-order valence-electron chi connectivity index (χ4n) is 1.32. The van der Waals surface area contributed by atoms with Gasteiger partial charge in [-0.05, 0) is 24.1 Å². The number of likely N-dealkylation sites (N-methyl/N-ethyl adjacent to an activating group) is 1. The van der Waals surface area contributed by atoms with E-state index in [1.54, 1.807) is 19.2 Å². The highest BCUT2D eigenvalue weighted by Crippen LogP contribution is 2.22. The summed E-state index contributed by atoms with van der Waals surface area (Å²) in [6.45, 7) is 0.554. The summed E-state index contributed by atoms with van der Waals surface area (Å²) in [5, 5.41) is 9.44. The van der Waals surface area contributed by atoms with Gasteiger partial charge in [0.15, 0.2) is 0 Å². The van der Waals surface area contributed by atoms with Gasteiger partial charge >= 0.3 is 0 Å². The second-order valence-electron chi connectivity index (χ2n) is 3.65. The average molecular weight is 271 g/mol. The SMILES string of the molecule is CN(CCc1ccc(Cl)c(Cl)c1)C(=O)CC#N. The highest BCUT2D eigenvalue weighted by molar-refractivity contribution is 6.42. The Bertz CT molecular complexity index is 454. The minimum atomic E-state index is -0.174. The molecule has 1 rings (SSSR count). The maximum atomic E-state index is 11.3. The fraction of sp³-hybridized carbons (Fsp3) is 0.333. The third-order valence-corrected chi connectivity index (χ3v) is 3.11. The Morgan fingerprint density at radius 1 is 1.41 bits per heavy atom. The predicted octanol–water partition coefficient (Wildman–Crippen LogP) is 2.91. The van der Waals surface area contributed by atoms with E-state index in [9.17, 15) is 4.79 Å². The zero-order valence-corrected chi connectivity index (χ0v) is 10.9.